The van der Waals surface area contributed by atoms with Gasteiger partial charge in [-0.3, -0.25) is 9.69 Å². The third-order valence-corrected chi connectivity index (χ3v) is 3.86. The summed E-state index contributed by atoms with van der Waals surface area (Å²) in [6.45, 7) is 9.73. The van der Waals surface area contributed by atoms with Crippen LogP contribution in [0.2, 0.25) is 0 Å². The van der Waals surface area contributed by atoms with E-state index in [1.165, 1.54) is 51.4 Å². The van der Waals surface area contributed by atoms with E-state index in [1.807, 2.05) is 0 Å². The lowest BCUT2D eigenvalue weighted by molar-refractivity contribution is -0.122. The molecule has 120 valence electrons. The lowest BCUT2D eigenvalue weighted by Gasteiger charge is -2.17. The molecule has 0 fully saturated rings. The molecule has 0 radical (unpaired) electrons. The summed E-state index contributed by atoms with van der Waals surface area (Å²) in [5.74, 6) is 0.174. The minimum absolute atomic E-state index is 0.174. The van der Waals surface area contributed by atoms with Crippen molar-refractivity contribution in [3.8, 4) is 0 Å². The van der Waals surface area contributed by atoms with Crippen LogP contribution in [0.5, 0.6) is 0 Å². The third kappa shape index (κ3) is 12.5. The fourth-order valence-corrected chi connectivity index (χ4v) is 2.37. The van der Waals surface area contributed by atoms with E-state index >= 15 is 0 Å². The molecule has 0 aliphatic heterocycles. The standard InChI is InChI=1S/C17H36N2O/c1-4-7-8-9-10-11-12-13-14-15-18-17(20)16-19(5-2)6-3/h4-16H2,1-3H3,(H,18,20). The van der Waals surface area contributed by atoms with Crippen molar-refractivity contribution in [3.63, 3.8) is 0 Å². The lowest BCUT2D eigenvalue weighted by atomic mass is 10.1. The summed E-state index contributed by atoms with van der Waals surface area (Å²) in [6.07, 6.45) is 11.9. The van der Waals surface area contributed by atoms with Crippen LogP contribution >= 0.6 is 0 Å². The van der Waals surface area contributed by atoms with Crippen molar-refractivity contribution >= 4 is 5.91 Å². The van der Waals surface area contributed by atoms with Crippen LogP contribution in [0.1, 0.15) is 78.6 Å². The van der Waals surface area contributed by atoms with Gasteiger partial charge in [0.15, 0.2) is 0 Å². The highest BCUT2D eigenvalue weighted by atomic mass is 16.2. The molecule has 3 heteroatoms. The van der Waals surface area contributed by atoms with Gasteiger partial charge in [-0.25, -0.2) is 0 Å². The number of nitrogens with zero attached hydrogens (tertiary/aromatic N) is 1. The van der Waals surface area contributed by atoms with E-state index in [4.69, 9.17) is 0 Å². The highest BCUT2D eigenvalue weighted by Gasteiger charge is 2.05. The summed E-state index contributed by atoms with van der Waals surface area (Å²) < 4.78 is 0. The Morgan fingerprint density at radius 1 is 0.800 bits per heavy atom. The van der Waals surface area contributed by atoms with Crippen molar-refractivity contribution in [1.29, 1.82) is 0 Å². The van der Waals surface area contributed by atoms with Crippen LogP contribution in [0.25, 0.3) is 0 Å². The van der Waals surface area contributed by atoms with Gasteiger partial charge in [0, 0.05) is 6.54 Å². The Bertz CT molecular complexity index is 215. The minimum atomic E-state index is 0.174. The average molecular weight is 284 g/mol. The molecule has 0 aromatic rings. The topological polar surface area (TPSA) is 32.3 Å². The Morgan fingerprint density at radius 3 is 1.80 bits per heavy atom. The average Bonchev–Trinajstić information content (AvgIpc) is 2.46. The number of carbonyl (C=O) groups excluding carboxylic acids is 1. The zero-order chi connectivity index (χ0) is 15.1. The molecule has 0 aromatic heterocycles. The van der Waals surface area contributed by atoms with Crippen LogP contribution in [0.3, 0.4) is 0 Å². The van der Waals surface area contributed by atoms with E-state index in [-0.39, 0.29) is 5.91 Å². The molecule has 1 N–H and O–H groups in total. The summed E-state index contributed by atoms with van der Waals surface area (Å²) in [5, 5.41) is 3.02. The summed E-state index contributed by atoms with van der Waals surface area (Å²) in [6, 6.07) is 0. The van der Waals surface area contributed by atoms with Crippen LogP contribution in [-0.2, 0) is 4.79 Å². The van der Waals surface area contributed by atoms with Crippen LogP contribution in [0, 0.1) is 0 Å². The second-order valence-electron chi connectivity index (χ2n) is 5.64. The molecular weight excluding hydrogens is 248 g/mol. The normalized spacial score (nSPS) is 11.0. The number of hydrogen-bond acceptors (Lipinski definition) is 2. The maximum atomic E-state index is 11.7. The van der Waals surface area contributed by atoms with Crippen molar-refractivity contribution in [2.24, 2.45) is 0 Å². The van der Waals surface area contributed by atoms with Gasteiger partial charge in [0.05, 0.1) is 6.54 Å². The van der Waals surface area contributed by atoms with Gasteiger partial charge in [0.1, 0.15) is 0 Å². The number of hydrogen-bond donors (Lipinski definition) is 1. The first-order valence-electron chi connectivity index (χ1n) is 8.73. The zero-order valence-corrected chi connectivity index (χ0v) is 14.0. The van der Waals surface area contributed by atoms with E-state index in [9.17, 15) is 4.79 Å². The Hall–Kier alpha value is -0.570. The van der Waals surface area contributed by atoms with Gasteiger partial charge in [-0.05, 0) is 19.5 Å². The van der Waals surface area contributed by atoms with E-state index in [1.54, 1.807) is 0 Å². The molecule has 0 rings (SSSR count). The van der Waals surface area contributed by atoms with E-state index < -0.39 is 0 Å². The predicted molar refractivity (Wildman–Crippen MR) is 88.0 cm³/mol. The SMILES string of the molecule is CCCCCCCCCCCNC(=O)CN(CC)CC. The Labute approximate surface area is 126 Å². The van der Waals surface area contributed by atoms with Gasteiger partial charge >= 0.3 is 0 Å². The highest BCUT2D eigenvalue weighted by molar-refractivity contribution is 5.77. The molecule has 0 unspecified atom stereocenters. The van der Waals surface area contributed by atoms with Gasteiger partial charge in [-0.1, -0.05) is 72.1 Å². The van der Waals surface area contributed by atoms with Crippen LogP contribution in [0.4, 0.5) is 0 Å². The molecule has 0 aromatic carbocycles. The minimum Gasteiger partial charge on any atom is -0.355 e. The fraction of sp³-hybridized carbons (Fsp3) is 0.941. The van der Waals surface area contributed by atoms with Crippen molar-refractivity contribution < 1.29 is 4.79 Å². The van der Waals surface area contributed by atoms with E-state index in [2.05, 4.69) is 31.0 Å². The smallest absolute Gasteiger partial charge is 0.234 e. The molecule has 0 spiro atoms. The van der Waals surface area contributed by atoms with Crippen LogP contribution < -0.4 is 5.32 Å². The molecule has 0 saturated heterocycles. The first-order chi connectivity index (χ1) is 9.74. The number of likely N-dealkylation sites (N-methyl/N-ethyl adjacent to an activating group) is 1. The largest absolute Gasteiger partial charge is 0.355 e. The molecule has 3 nitrogen and oxygen atoms in total. The van der Waals surface area contributed by atoms with Gasteiger partial charge in [0.2, 0.25) is 5.91 Å². The number of amides is 1. The molecule has 20 heavy (non-hydrogen) atoms. The van der Waals surface area contributed by atoms with Crippen molar-refractivity contribution in [2.75, 3.05) is 26.2 Å². The number of carbonyl (C=O) groups is 1. The molecular formula is C17H36N2O. The van der Waals surface area contributed by atoms with Gasteiger partial charge in [-0.2, -0.15) is 0 Å². The van der Waals surface area contributed by atoms with E-state index in [0.29, 0.717) is 6.54 Å². The molecule has 1 amide bonds. The molecule has 0 bridgehead atoms. The molecule has 0 heterocycles. The summed E-state index contributed by atoms with van der Waals surface area (Å²) >= 11 is 0. The predicted octanol–water partition coefficient (Wildman–Crippen LogP) is 3.98. The molecule has 0 saturated carbocycles. The number of unbranched alkanes of at least 4 members (excludes halogenated alkanes) is 8. The van der Waals surface area contributed by atoms with Crippen molar-refractivity contribution in [3.05, 3.63) is 0 Å². The lowest BCUT2D eigenvalue weighted by Crippen LogP contribution is -2.37. The number of nitrogens with one attached hydrogen (secondary N) is 1. The maximum absolute atomic E-state index is 11.7. The Kier molecular flexibility index (Phi) is 14.4. The second kappa shape index (κ2) is 14.8. The van der Waals surface area contributed by atoms with E-state index in [0.717, 1.165) is 26.1 Å². The first-order valence-corrected chi connectivity index (χ1v) is 8.73. The maximum Gasteiger partial charge on any atom is 0.234 e. The second-order valence-corrected chi connectivity index (χ2v) is 5.64. The molecule has 0 atom stereocenters. The summed E-state index contributed by atoms with van der Waals surface area (Å²) in [4.78, 5) is 13.8. The first kappa shape index (κ1) is 19.4. The Morgan fingerprint density at radius 2 is 1.30 bits per heavy atom. The molecule has 0 aliphatic carbocycles. The van der Waals surface area contributed by atoms with Crippen LogP contribution in [0.15, 0.2) is 0 Å². The third-order valence-electron chi connectivity index (χ3n) is 3.86. The van der Waals surface area contributed by atoms with Crippen molar-refractivity contribution in [2.45, 2.75) is 78.6 Å². The van der Waals surface area contributed by atoms with Gasteiger partial charge in [-0.15, -0.1) is 0 Å². The van der Waals surface area contributed by atoms with Gasteiger partial charge < -0.3 is 5.32 Å². The van der Waals surface area contributed by atoms with Crippen molar-refractivity contribution in [1.82, 2.24) is 10.2 Å². The zero-order valence-electron chi connectivity index (χ0n) is 14.0. The quantitative estimate of drug-likeness (QED) is 0.489. The summed E-state index contributed by atoms with van der Waals surface area (Å²) in [7, 11) is 0. The fourth-order valence-electron chi connectivity index (χ4n) is 2.37. The number of rotatable bonds is 14. The molecule has 0 aliphatic rings. The van der Waals surface area contributed by atoms with Gasteiger partial charge in [0.25, 0.3) is 0 Å². The highest BCUT2D eigenvalue weighted by Crippen LogP contribution is 2.09. The summed E-state index contributed by atoms with van der Waals surface area (Å²) in [5.41, 5.74) is 0. The monoisotopic (exact) mass is 284 g/mol. The van der Waals surface area contributed by atoms with Crippen LogP contribution in [-0.4, -0.2) is 37.0 Å². The Balaban J connectivity index is 3.25.